The zero-order chi connectivity index (χ0) is 20.2. The van der Waals surface area contributed by atoms with Crippen LogP contribution in [0.15, 0.2) is 30.3 Å². The summed E-state index contributed by atoms with van der Waals surface area (Å²) in [5, 5.41) is 4.75. The highest BCUT2D eigenvalue weighted by atomic mass is 19.4. The molecule has 0 aliphatic heterocycles. The van der Waals surface area contributed by atoms with Crippen molar-refractivity contribution in [3.05, 3.63) is 58.1 Å². The predicted molar refractivity (Wildman–Crippen MR) is 99.1 cm³/mol. The lowest BCUT2D eigenvalue weighted by Crippen LogP contribution is -2.26. The standard InChI is InChI=1S/C20H23F3N2O2/c1-5-14-9-13(3)18(10-12(14)2)27-11-15-16(20(21,22)23)7-6-8-17(15)25-19(26)24-4/h6-10H,5,11H2,1-4H3,(H2,24,25,26). The van der Waals surface area contributed by atoms with Gasteiger partial charge in [0.15, 0.2) is 0 Å². The molecule has 0 atom stereocenters. The topological polar surface area (TPSA) is 50.4 Å². The Morgan fingerprint density at radius 1 is 1.15 bits per heavy atom. The third-order valence-corrected chi connectivity index (χ3v) is 4.34. The van der Waals surface area contributed by atoms with E-state index in [0.717, 1.165) is 29.2 Å². The van der Waals surface area contributed by atoms with Crippen LogP contribution in [0.3, 0.4) is 0 Å². The molecule has 7 heteroatoms. The third-order valence-electron chi connectivity index (χ3n) is 4.34. The molecular formula is C20H23F3N2O2. The number of nitrogens with one attached hydrogen (secondary N) is 2. The summed E-state index contributed by atoms with van der Waals surface area (Å²) in [6.07, 6.45) is -3.69. The molecule has 0 bridgehead atoms. The van der Waals surface area contributed by atoms with Gasteiger partial charge < -0.3 is 15.4 Å². The fourth-order valence-electron chi connectivity index (χ4n) is 2.85. The van der Waals surface area contributed by atoms with Crippen molar-refractivity contribution < 1.29 is 22.7 Å². The zero-order valence-corrected chi connectivity index (χ0v) is 15.8. The number of carbonyl (C=O) groups is 1. The lowest BCUT2D eigenvalue weighted by molar-refractivity contribution is -0.138. The van der Waals surface area contributed by atoms with Crippen LogP contribution in [-0.4, -0.2) is 13.1 Å². The molecule has 0 aliphatic carbocycles. The van der Waals surface area contributed by atoms with Gasteiger partial charge in [-0.1, -0.05) is 19.1 Å². The average molecular weight is 380 g/mol. The van der Waals surface area contributed by atoms with Crippen LogP contribution in [0.5, 0.6) is 5.75 Å². The van der Waals surface area contributed by atoms with Gasteiger partial charge in [-0.15, -0.1) is 0 Å². The first-order valence-electron chi connectivity index (χ1n) is 8.58. The summed E-state index contributed by atoms with van der Waals surface area (Å²) in [5.74, 6) is 0.521. The Labute approximate surface area is 156 Å². The van der Waals surface area contributed by atoms with Crippen molar-refractivity contribution in [1.82, 2.24) is 5.32 Å². The van der Waals surface area contributed by atoms with Gasteiger partial charge >= 0.3 is 12.2 Å². The molecule has 2 aromatic rings. The molecule has 0 fully saturated rings. The maximum absolute atomic E-state index is 13.4. The van der Waals surface area contributed by atoms with E-state index in [-0.39, 0.29) is 17.9 Å². The normalized spacial score (nSPS) is 11.2. The quantitative estimate of drug-likeness (QED) is 0.748. The molecule has 146 valence electrons. The van der Waals surface area contributed by atoms with Crippen molar-refractivity contribution in [3.63, 3.8) is 0 Å². The fraction of sp³-hybridized carbons (Fsp3) is 0.350. The number of hydrogen-bond donors (Lipinski definition) is 2. The Kier molecular flexibility index (Phi) is 6.36. The number of ether oxygens (including phenoxy) is 1. The molecule has 0 radical (unpaired) electrons. The summed E-state index contributed by atoms with van der Waals surface area (Å²) in [4.78, 5) is 11.6. The summed E-state index contributed by atoms with van der Waals surface area (Å²) in [6, 6.07) is 6.85. The van der Waals surface area contributed by atoms with Crippen LogP contribution in [0.2, 0.25) is 0 Å². The number of aryl methyl sites for hydroxylation is 3. The maximum atomic E-state index is 13.4. The van der Waals surface area contributed by atoms with E-state index in [4.69, 9.17) is 4.74 Å². The average Bonchev–Trinajstić information content (AvgIpc) is 2.61. The van der Waals surface area contributed by atoms with Gasteiger partial charge in [0.2, 0.25) is 0 Å². The Balaban J connectivity index is 2.39. The van der Waals surface area contributed by atoms with E-state index < -0.39 is 17.8 Å². The van der Waals surface area contributed by atoms with Crippen LogP contribution in [-0.2, 0) is 19.2 Å². The zero-order valence-electron chi connectivity index (χ0n) is 15.8. The second-order valence-electron chi connectivity index (χ2n) is 6.22. The number of amides is 2. The number of anilines is 1. The maximum Gasteiger partial charge on any atom is 0.416 e. The Morgan fingerprint density at radius 3 is 2.44 bits per heavy atom. The molecule has 2 N–H and O–H groups in total. The molecule has 0 aliphatic rings. The molecular weight excluding hydrogens is 357 g/mol. The molecule has 4 nitrogen and oxygen atoms in total. The van der Waals surface area contributed by atoms with Gasteiger partial charge in [0.25, 0.3) is 0 Å². The number of rotatable bonds is 5. The molecule has 0 saturated heterocycles. The molecule has 0 spiro atoms. The van der Waals surface area contributed by atoms with Crippen LogP contribution in [0.25, 0.3) is 0 Å². The number of benzene rings is 2. The smallest absolute Gasteiger partial charge is 0.416 e. The van der Waals surface area contributed by atoms with Crippen LogP contribution in [0.4, 0.5) is 23.7 Å². The van der Waals surface area contributed by atoms with Crippen LogP contribution < -0.4 is 15.4 Å². The van der Waals surface area contributed by atoms with E-state index in [1.807, 2.05) is 32.9 Å². The molecule has 0 unspecified atom stereocenters. The molecule has 27 heavy (non-hydrogen) atoms. The second-order valence-corrected chi connectivity index (χ2v) is 6.22. The molecule has 2 aromatic carbocycles. The summed E-state index contributed by atoms with van der Waals surface area (Å²) in [6.45, 7) is 5.51. The van der Waals surface area contributed by atoms with Gasteiger partial charge in [0, 0.05) is 18.3 Å². The van der Waals surface area contributed by atoms with Gasteiger partial charge in [-0.3, -0.25) is 0 Å². The van der Waals surface area contributed by atoms with Crippen molar-refractivity contribution in [2.75, 3.05) is 12.4 Å². The van der Waals surface area contributed by atoms with Crippen molar-refractivity contribution in [2.45, 2.75) is 40.0 Å². The van der Waals surface area contributed by atoms with Crippen molar-refractivity contribution in [1.29, 1.82) is 0 Å². The van der Waals surface area contributed by atoms with Crippen LogP contribution >= 0.6 is 0 Å². The number of halogens is 3. The first-order chi connectivity index (χ1) is 12.7. The first-order valence-corrected chi connectivity index (χ1v) is 8.58. The number of hydrogen-bond acceptors (Lipinski definition) is 2. The SMILES string of the molecule is CCc1cc(C)c(OCc2c(NC(=O)NC)cccc2C(F)(F)F)cc1C. The van der Waals surface area contributed by atoms with E-state index in [2.05, 4.69) is 10.6 Å². The predicted octanol–water partition coefficient (Wildman–Crippen LogP) is 5.21. The third kappa shape index (κ3) is 4.93. The van der Waals surface area contributed by atoms with Gasteiger partial charge in [0.1, 0.15) is 12.4 Å². The first kappa shape index (κ1) is 20.6. The van der Waals surface area contributed by atoms with E-state index in [9.17, 15) is 18.0 Å². The Hall–Kier alpha value is -2.70. The monoisotopic (exact) mass is 380 g/mol. The minimum Gasteiger partial charge on any atom is -0.489 e. The van der Waals surface area contributed by atoms with Crippen LogP contribution in [0, 0.1) is 13.8 Å². The Bertz CT molecular complexity index is 833. The summed E-state index contributed by atoms with van der Waals surface area (Å²) < 4.78 is 46.0. The fourth-order valence-corrected chi connectivity index (χ4v) is 2.85. The molecule has 0 aromatic heterocycles. The Morgan fingerprint density at radius 2 is 1.85 bits per heavy atom. The van der Waals surface area contributed by atoms with E-state index in [0.29, 0.717) is 5.75 Å². The van der Waals surface area contributed by atoms with Gasteiger partial charge in [-0.25, -0.2) is 4.79 Å². The molecule has 0 saturated carbocycles. The summed E-state index contributed by atoms with van der Waals surface area (Å²) >= 11 is 0. The number of alkyl halides is 3. The highest BCUT2D eigenvalue weighted by Gasteiger charge is 2.34. The molecule has 2 rings (SSSR count). The highest BCUT2D eigenvalue weighted by molar-refractivity contribution is 5.90. The molecule has 2 amide bonds. The van der Waals surface area contributed by atoms with Crippen molar-refractivity contribution >= 4 is 11.7 Å². The van der Waals surface area contributed by atoms with Crippen molar-refractivity contribution in [2.24, 2.45) is 0 Å². The second kappa shape index (κ2) is 8.33. The highest BCUT2D eigenvalue weighted by Crippen LogP contribution is 2.36. The summed E-state index contributed by atoms with van der Waals surface area (Å²) in [5.41, 5.74) is 2.14. The minimum atomic E-state index is -4.56. The van der Waals surface area contributed by atoms with E-state index in [1.54, 1.807) is 0 Å². The minimum absolute atomic E-state index is 0.0590. The lowest BCUT2D eigenvalue weighted by atomic mass is 10.0. The van der Waals surface area contributed by atoms with E-state index in [1.165, 1.54) is 19.2 Å². The van der Waals surface area contributed by atoms with Crippen LogP contribution in [0.1, 0.15) is 34.7 Å². The van der Waals surface area contributed by atoms with Gasteiger partial charge in [-0.05, 0) is 55.2 Å². The van der Waals surface area contributed by atoms with E-state index >= 15 is 0 Å². The molecule has 0 heterocycles. The number of urea groups is 1. The van der Waals surface area contributed by atoms with Crippen molar-refractivity contribution in [3.8, 4) is 5.75 Å². The lowest BCUT2D eigenvalue weighted by Gasteiger charge is -2.19. The number of carbonyl (C=O) groups excluding carboxylic acids is 1. The summed E-state index contributed by atoms with van der Waals surface area (Å²) in [7, 11) is 1.39. The largest absolute Gasteiger partial charge is 0.489 e. The van der Waals surface area contributed by atoms with Gasteiger partial charge in [-0.2, -0.15) is 13.2 Å². The van der Waals surface area contributed by atoms with Gasteiger partial charge in [0.05, 0.1) is 5.56 Å².